The van der Waals surface area contributed by atoms with Gasteiger partial charge >= 0.3 is 0 Å². The maximum absolute atomic E-state index is 12.6. The van der Waals surface area contributed by atoms with Crippen LogP contribution in [0.2, 0.25) is 0 Å². The second-order valence-electron chi connectivity index (χ2n) is 5.71. The van der Waals surface area contributed by atoms with Crippen LogP contribution in [-0.2, 0) is 0 Å². The van der Waals surface area contributed by atoms with Crippen molar-refractivity contribution in [1.29, 1.82) is 0 Å². The van der Waals surface area contributed by atoms with Gasteiger partial charge in [0.2, 0.25) is 0 Å². The van der Waals surface area contributed by atoms with Gasteiger partial charge < -0.3 is 0 Å². The fourth-order valence-electron chi connectivity index (χ4n) is 2.82. The Bertz CT molecular complexity index is 971. The van der Waals surface area contributed by atoms with E-state index in [9.17, 15) is 24.5 Å². The predicted octanol–water partition coefficient (Wildman–Crippen LogP) is 3.56. The molecule has 6 heteroatoms. The molecule has 0 saturated heterocycles. The minimum Gasteiger partial charge on any atom is -0.294 e. The van der Waals surface area contributed by atoms with Crippen LogP contribution in [0.1, 0.15) is 44.4 Å². The molecule has 1 aliphatic carbocycles. The number of fused-ring (bicyclic) bond motifs is 1. The second kappa shape index (κ2) is 6.24. The number of Topliss-reactive ketones (excluding diaryl/α,β-unsaturated/α-hetero) is 3. The highest BCUT2D eigenvalue weighted by molar-refractivity contribution is 6.28. The topological polar surface area (TPSA) is 94.3 Å². The van der Waals surface area contributed by atoms with E-state index in [0.29, 0.717) is 5.56 Å². The maximum Gasteiger partial charge on any atom is 0.270 e. The van der Waals surface area contributed by atoms with E-state index in [1.54, 1.807) is 24.3 Å². The normalized spacial score (nSPS) is 13.6. The van der Waals surface area contributed by atoms with E-state index in [1.165, 1.54) is 31.2 Å². The zero-order valence-corrected chi connectivity index (χ0v) is 13.3. The minimum atomic E-state index is -0.590. The Hall–Kier alpha value is -3.41. The second-order valence-corrected chi connectivity index (χ2v) is 5.71. The Morgan fingerprint density at radius 2 is 1.64 bits per heavy atom. The van der Waals surface area contributed by atoms with E-state index in [2.05, 4.69) is 0 Å². The summed E-state index contributed by atoms with van der Waals surface area (Å²) in [5, 5.41) is 10.8. The van der Waals surface area contributed by atoms with Crippen LogP contribution in [0.15, 0.2) is 59.7 Å². The molecule has 0 fully saturated rings. The number of ketones is 3. The monoisotopic (exact) mass is 335 g/mol. The molecule has 0 unspecified atom stereocenters. The zero-order valence-electron chi connectivity index (χ0n) is 13.3. The van der Waals surface area contributed by atoms with Gasteiger partial charge in [0, 0.05) is 46.4 Å². The minimum absolute atomic E-state index is 0.133. The quantitative estimate of drug-likeness (QED) is 0.484. The molecule has 0 atom stereocenters. The van der Waals surface area contributed by atoms with Crippen LogP contribution in [0, 0.1) is 10.1 Å². The summed E-state index contributed by atoms with van der Waals surface area (Å²) < 4.78 is 0. The van der Waals surface area contributed by atoms with Crippen molar-refractivity contribution in [2.24, 2.45) is 0 Å². The van der Waals surface area contributed by atoms with Crippen molar-refractivity contribution in [1.82, 2.24) is 0 Å². The van der Waals surface area contributed by atoms with Crippen molar-refractivity contribution < 1.29 is 19.3 Å². The molecule has 0 N–H and O–H groups in total. The van der Waals surface area contributed by atoms with Gasteiger partial charge in [-0.1, -0.05) is 36.4 Å². The number of benzene rings is 2. The molecule has 0 bridgehead atoms. The Balaban J connectivity index is 1.95. The van der Waals surface area contributed by atoms with Gasteiger partial charge in [-0.3, -0.25) is 24.5 Å². The van der Waals surface area contributed by atoms with Crippen molar-refractivity contribution in [3.05, 3.63) is 86.5 Å². The molecule has 0 aliphatic heterocycles. The van der Waals surface area contributed by atoms with Crippen LogP contribution in [0.4, 0.5) is 5.69 Å². The number of non-ortho nitro benzene ring substituents is 1. The Kier molecular flexibility index (Phi) is 4.10. The molecule has 0 amide bonds. The maximum atomic E-state index is 12.6. The summed E-state index contributed by atoms with van der Waals surface area (Å²) in [6.45, 7) is 1.52. The highest BCUT2D eigenvalue weighted by Gasteiger charge is 2.30. The summed E-state index contributed by atoms with van der Waals surface area (Å²) in [5.41, 5.74) is 0.917. The number of carbonyl (C=O) groups is 3. The van der Waals surface area contributed by atoms with E-state index in [1.807, 2.05) is 0 Å². The molecule has 2 aromatic carbocycles. The third-order valence-corrected chi connectivity index (χ3v) is 4.20. The SMILES string of the molecule is CC1=C(CC(=O)c2cccc([N+](=O)[O-])c2)C(=O)c2ccccc2C1=O. The number of hydrogen-bond donors (Lipinski definition) is 0. The standard InChI is InChI=1S/C19H13NO5/c1-11-16(19(23)15-8-3-2-7-14(15)18(11)22)10-17(21)12-5-4-6-13(9-12)20(24)25/h2-9H,10H2,1H3. The van der Waals surface area contributed by atoms with Crippen LogP contribution < -0.4 is 0 Å². The molecule has 0 aromatic heterocycles. The number of carbonyl (C=O) groups excluding carboxylic acids is 3. The highest BCUT2D eigenvalue weighted by Crippen LogP contribution is 2.29. The smallest absolute Gasteiger partial charge is 0.270 e. The predicted molar refractivity (Wildman–Crippen MR) is 89.8 cm³/mol. The summed E-state index contributed by atoms with van der Waals surface area (Å²) in [4.78, 5) is 47.8. The lowest BCUT2D eigenvalue weighted by molar-refractivity contribution is -0.384. The summed E-state index contributed by atoms with van der Waals surface area (Å²) in [5.74, 6) is -1.08. The zero-order chi connectivity index (χ0) is 18.1. The molecular formula is C19H13NO5. The first kappa shape index (κ1) is 16.4. The molecular weight excluding hydrogens is 322 g/mol. The van der Waals surface area contributed by atoms with E-state index < -0.39 is 10.7 Å². The first-order chi connectivity index (χ1) is 11.9. The van der Waals surface area contributed by atoms with Gasteiger partial charge in [-0.05, 0) is 6.92 Å². The lowest BCUT2D eigenvalue weighted by Gasteiger charge is -2.18. The van der Waals surface area contributed by atoms with Crippen LogP contribution in [0.5, 0.6) is 0 Å². The average molecular weight is 335 g/mol. The fourth-order valence-corrected chi connectivity index (χ4v) is 2.82. The molecule has 3 rings (SSSR count). The lowest BCUT2D eigenvalue weighted by atomic mass is 9.82. The largest absolute Gasteiger partial charge is 0.294 e. The Morgan fingerprint density at radius 1 is 1.00 bits per heavy atom. The van der Waals surface area contributed by atoms with Gasteiger partial charge in [-0.2, -0.15) is 0 Å². The molecule has 0 radical (unpaired) electrons. The molecule has 1 aliphatic rings. The summed E-state index contributed by atoms with van der Waals surface area (Å²) in [6, 6.07) is 11.8. The number of nitro benzene ring substituents is 1. The van der Waals surface area contributed by atoms with Crippen LogP contribution in [0.3, 0.4) is 0 Å². The van der Waals surface area contributed by atoms with Gasteiger partial charge in [0.05, 0.1) is 4.92 Å². The molecule has 124 valence electrons. The van der Waals surface area contributed by atoms with Gasteiger partial charge in [0.25, 0.3) is 5.69 Å². The fraction of sp³-hybridized carbons (Fsp3) is 0.105. The van der Waals surface area contributed by atoms with Crippen LogP contribution in [0.25, 0.3) is 0 Å². The Labute approximate surface area is 142 Å². The van der Waals surface area contributed by atoms with Crippen LogP contribution >= 0.6 is 0 Å². The van der Waals surface area contributed by atoms with Gasteiger partial charge in [-0.25, -0.2) is 0 Å². The van der Waals surface area contributed by atoms with Crippen molar-refractivity contribution in [2.45, 2.75) is 13.3 Å². The van der Waals surface area contributed by atoms with E-state index in [-0.39, 0.29) is 45.9 Å². The van der Waals surface area contributed by atoms with Crippen molar-refractivity contribution in [3.8, 4) is 0 Å². The van der Waals surface area contributed by atoms with Gasteiger partial charge in [0.1, 0.15) is 0 Å². The molecule has 0 spiro atoms. The Morgan fingerprint density at radius 3 is 2.28 bits per heavy atom. The number of nitro groups is 1. The summed E-state index contributed by atoms with van der Waals surface area (Å²) >= 11 is 0. The first-order valence-electron chi connectivity index (χ1n) is 7.56. The molecule has 2 aromatic rings. The third kappa shape index (κ3) is 2.89. The molecule has 0 heterocycles. The van der Waals surface area contributed by atoms with E-state index in [4.69, 9.17) is 0 Å². The van der Waals surface area contributed by atoms with E-state index in [0.717, 1.165) is 0 Å². The average Bonchev–Trinajstić information content (AvgIpc) is 2.63. The molecule has 0 saturated carbocycles. The van der Waals surface area contributed by atoms with Gasteiger partial charge in [0.15, 0.2) is 17.3 Å². The summed E-state index contributed by atoms with van der Waals surface area (Å²) in [6.07, 6.45) is -0.272. The van der Waals surface area contributed by atoms with Crippen LogP contribution in [-0.4, -0.2) is 22.3 Å². The van der Waals surface area contributed by atoms with Crippen molar-refractivity contribution in [3.63, 3.8) is 0 Å². The molecule has 6 nitrogen and oxygen atoms in total. The third-order valence-electron chi connectivity index (χ3n) is 4.20. The van der Waals surface area contributed by atoms with Crippen molar-refractivity contribution >= 4 is 23.0 Å². The summed E-state index contributed by atoms with van der Waals surface area (Å²) in [7, 11) is 0. The number of rotatable bonds is 4. The molecule has 25 heavy (non-hydrogen) atoms. The lowest BCUT2D eigenvalue weighted by Crippen LogP contribution is -2.22. The highest BCUT2D eigenvalue weighted by atomic mass is 16.6. The number of hydrogen-bond acceptors (Lipinski definition) is 5. The van der Waals surface area contributed by atoms with Gasteiger partial charge in [-0.15, -0.1) is 0 Å². The number of allylic oxidation sites excluding steroid dienone is 2. The van der Waals surface area contributed by atoms with E-state index >= 15 is 0 Å². The first-order valence-corrected chi connectivity index (χ1v) is 7.56. The number of nitrogens with zero attached hydrogens (tertiary/aromatic N) is 1. The van der Waals surface area contributed by atoms with Crippen molar-refractivity contribution in [2.75, 3.05) is 0 Å².